The Hall–Kier alpha value is -0.800. The predicted molar refractivity (Wildman–Crippen MR) is 99.0 cm³/mol. The zero-order valence-corrected chi connectivity index (χ0v) is 15.7. The fourth-order valence-electron chi connectivity index (χ4n) is 4.04. The van der Waals surface area contributed by atoms with Crippen molar-refractivity contribution in [3.63, 3.8) is 0 Å². The summed E-state index contributed by atoms with van der Waals surface area (Å²) in [6.07, 6.45) is 6.84. The van der Waals surface area contributed by atoms with Crippen molar-refractivity contribution in [1.82, 2.24) is 0 Å². The van der Waals surface area contributed by atoms with E-state index in [0.29, 0.717) is 21.7 Å². The molecule has 0 radical (unpaired) electrons. The molecular weight excluding hydrogens is 304 g/mol. The van der Waals surface area contributed by atoms with Gasteiger partial charge in [0.1, 0.15) is 4.75 Å². The summed E-state index contributed by atoms with van der Waals surface area (Å²) in [5, 5.41) is 0. The van der Waals surface area contributed by atoms with Crippen LogP contribution >= 0.6 is 0 Å². The van der Waals surface area contributed by atoms with Gasteiger partial charge in [-0.2, -0.15) is 17.7 Å². The molecule has 4 atom stereocenters. The maximum atomic E-state index is 6.30. The number of hydrogen-bond donors (Lipinski definition) is 0. The lowest BCUT2D eigenvalue weighted by molar-refractivity contribution is -0.0249. The van der Waals surface area contributed by atoms with Crippen LogP contribution < -0.4 is 4.74 Å². The van der Waals surface area contributed by atoms with Crippen molar-refractivity contribution < 1.29 is 9.47 Å². The molecule has 1 saturated heterocycles. The first-order chi connectivity index (χ1) is 11.0. The Labute approximate surface area is 144 Å². The second-order valence-electron chi connectivity index (χ2n) is 7.59. The van der Waals surface area contributed by atoms with Crippen molar-refractivity contribution in [2.45, 2.75) is 50.9 Å². The summed E-state index contributed by atoms with van der Waals surface area (Å²) in [6.45, 7) is 7.33. The number of rotatable bonds is 4. The lowest BCUT2D eigenvalue weighted by atomic mass is 9.75. The summed E-state index contributed by atoms with van der Waals surface area (Å²) in [7, 11) is 2.01. The molecule has 3 rings (SSSR count). The molecule has 23 heavy (non-hydrogen) atoms. The summed E-state index contributed by atoms with van der Waals surface area (Å²) >= 11 is 0. The van der Waals surface area contributed by atoms with Gasteiger partial charge in [0.15, 0.2) is 0 Å². The van der Waals surface area contributed by atoms with Gasteiger partial charge in [-0.25, -0.2) is 0 Å². The molecule has 2 unspecified atom stereocenters. The molecule has 2 nitrogen and oxygen atoms in total. The van der Waals surface area contributed by atoms with E-state index in [4.69, 9.17) is 9.47 Å². The van der Waals surface area contributed by atoms with Gasteiger partial charge >= 0.3 is 0 Å². The average molecular weight is 335 g/mol. The molecule has 0 spiro atoms. The maximum Gasteiger partial charge on any atom is 0.208 e. The summed E-state index contributed by atoms with van der Waals surface area (Å²) in [6, 6.07) is 8.36. The molecule has 1 saturated carbocycles. The highest BCUT2D eigenvalue weighted by Gasteiger charge is 2.53. The van der Waals surface area contributed by atoms with E-state index in [2.05, 4.69) is 39.3 Å². The minimum atomic E-state index is 0.299. The SMILES string of the molecule is COc1ccc([CH-]C[S+]2CO[C@@H]3CC(C)CC[C@H]3C2(C)C)cc1. The number of methoxy groups -OCH3 is 1. The van der Waals surface area contributed by atoms with Gasteiger partial charge in [0.2, 0.25) is 5.94 Å². The van der Waals surface area contributed by atoms with Gasteiger partial charge in [-0.05, 0) is 32.6 Å². The lowest BCUT2D eigenvalue weighted by Gasteiger charge is -2.46. The number of ether oxygens (including phenoxy) is 2. The second kappa shape index (κ2) is 6.98. The van der Waals surface area contributed by atoms with Crippen LogP contribution in [0.25, 0.3) is 0 Å². The standard InChI is InChI=1S/C20H30O2S/c1-15-5-10-18-19(13-15)22-14-23(20(18,2)3)12-11-16-6-8-17(21-4)9-7-16/h6-9,11,15,18-19H,5,10,12-14H2,1-4H3/t15?,18-,19-,23?/m1/s1. The van der Waals surface area contributed by atoms with E-state index in [9.17, 15) is 0 Å². The molecule has 0 aromatic heterocycles. The molecule has 1 aliphatic carbocycles. The van der Waals surface area contributed by atoms with Crippen LogP contribution in [0.15, 0.2) is 24.3 Å². The fourth-order valence-corrected chi connectivity index (χ4v) is 6.30. The van der Waals surface area contributed by atoms with E-state index in [-0.39, 0.29) is 0 Å². The minimum Gasteiger partial charge on any atom is -0.499 e. The molecule has 0 bridgehead atoms. The maximum absolute atomic E-state index is 6.30. The third-order valence-corrected chi connectivity index (χ3v) is 8.53. The first-order valence-corrected chi connectivity index (χ1v) is 10.3. The Bertz CT molecular complexity index is 511. The fraction of sp³-hybridized carbons (Fsp3) is 0.650. The zero-order chi connectivity index (χ0) is 16.4. The summed E-state index contributed by atoms with van der Waals surface area (Å²) in [5.74, 6) is 4.55. The number of fused-ring (bicyclic) bond motifs is 1. The molecule has 128 valence electrons. The predicted octanol–water partition coefficient (Wildman–Crippen LogP) is 4.44. The van der Waals surface area contributed by atoms with E-state index in [1.54, 1.807) is 7.11 Å². The molecule has 3 heteroatoms. The molecule has 1 aliphatic heterocycles. The highest BCUT2D eigenvalue weighted by Crippen LogP contribution is 2.45. The van der Waals surface area contributed by atoms with Crippen LogP contribution in [0.4, 0.5) is 0 Å². The summed E-state index contributed by atoms with van der Waals surface area (Å²) in [5.41, 5.74) is 1.29. The molecule has 1 aromatic rings. The van der Waals surface area contributed by atoms with Crippen LogP contribution in [0, 0.1) is 18.3 Å². The van der Waals surface area contributed by atoms with E-state index in [1.165, 1.54) is 24.8 Å². The van der Waals surface area contributed by atoms with Crippen molar-refractivity contribution in [2.24, 2.45) is 11.8 Å². The molecular formula is C20H30O2S. The Balaban J connectivity index is 1.61. The quantitative estimate of drug-likeness (QED) is 0.599. The van der Waals surface area contributed by atoms with Gasteiger partial charge in [0, 0.05) is 16.8 Å². The van der Waals surface area contributed by atoms with E-state index < -0.39 is 0 Å². The van der Waals surface area contributed by atoms with Crippen LogP contribution in [0.3, 0.4) is 0 Å². The normalized spacial score (nSPS) is 32.9. The van der Waals surface area contributed by atoms with Crippen molar-refractivity contribution in [1.29, 1.82) is 0 Å². The molecule has 0 N–H and O–H groups in total. The van der Waals surface area contributed by atoms with Gasteiger partial charge in [0.25, 0.3) is 0 Å². The van der Waals surface area contributed by atoms with Crippen molar-refractivity contribution >= 4 is 10.9 Å². The Morgan fingerprint density at radius 3 is 2.70 bits per heavy atom. The smallest absolute Gasteiger partial charge is 0.208 e. The molecule has 1 aromatic carbocycles. The highest BCUT2D eigenvalue weighted by atomic mass is 32.2. The van der Waals surface area contributed by atoms with Gasteiger partial charge in [0.05, 0.1) is 24.7 Å². The van der Waals surface area contributed by atoms with Crippen LogP contribution in [0.5, 0.6) is 5.75 Å². The van der Waals surface area contributed by atoms with E-state index in [0.717, 1.165) is 29.3 Å². The largest absolute Gasteiger partial charge is 0.499 e. The molecule has 2 aliphatic rings. The number of benzene rings is 1. The Morgan fingerprint density at radius 1 is 1.26 bits per heavy atom. The van der Waals surface area contributed by atoms with Gasteiger partial charge < -0.3 is 9.47 Å². The first kappa shape index (κ1) is 17.0. The van der Waals surface area contributed by atoms with Crippen LogP contribution in [0.2, 0.25) is 0 Å². The molecule has 2 fully saturated rings. The van der Waals surface area contributed by atoms with Crippen LogP contribution in [-0.2, 0) is 15.6 Å². The summed E-state index contributed by atoms with van der Waals surface area (Å²) in [4.78, 5) is 0. The second-order valence-corrected chi connectivity index (χ2v) is 10.2. The monoisotopic (exact) mass is 334 g/mol. The average Bonchev–Trinajstić information content (AvgIpc) is 2.54. The van der Waals surface area contributed by atoms with Crippen LogP contribution in [-0.4, -0.2) is 29.7 Å². The van der Waals surface area contributed by atoms with Crippen molar-refractivity contribution in [3.8, 4) is 5.75 Å². The zero-order valence-electron chi connectivity index (χ0n) is 14.9. The van der Waals surface area contributed by atoms with Gasteiger partial charge in [-0.15, -0.1) is 6.42 Å². The van der Waals surface area contributed by atoms with E-state index in [1.807, 2.05) is 12.1 Å². The third-order valence-electron chi connectivity index (χ3n) is 5.75. The Morgan fingerprint density at radius 2 is 2.00 bits per heavy atom. The number of hydrogen-bond acceptors (Lipinski definition) is 2. The summed E-state index contributed by atoms with van der Waals surface area (Å²) < 4.78 is 11.9. The van der Waals surface area contributed by atoms with Crippen LogP contribution in [0.1, 0.15) is 45.6 Å². The van der Waals surface area contributed by atoms with E-state index >= 15 is 0 Å². The lowest BCUT2D eigenvalue weighted by Crippen LogP contribution is -2.55. The van der Waals surface area contributed by atoms with Crippen molar-refractivity contribution in [3.05, 3.63) is 36.2 Å². The Kier molecular flexibility index (Phi) is 5.17. The third kappa shape index (κ3) is 3.66. The topological polar surface area (TPSA) is 18.5 Å². The minimum absolute atomic E-state index is 0.299. The van der Waals surface area contributed by atoms with Gasteiger partial charge in [-0.3, -0.25) is 0 Å². The van der Waals surface area contributed by atoms with Crippen molar-refractivity contribution in [2.75, 3.05) is 18.8 Å². The molecule has 0 amide bonds. The molecule has 1 heterocycles. The van der Waals surface area contributed by atoms with Gasteiger partial charge in [-0.1, -0.05) is 25.5 Å². The highest BCUT2D eigenvalue weighted by molar-refractivity contribution is 7.98. The first-order valence-electron chi connectivity index (χ1n) is 8.77.